The Hall–Kier alpha value is -1.38. The van der Waals surface area contributed by atoms with Gasteiger partial charge in [-0.1, -0.05) is 30.3 Å². The average Bonchev–Trinajstić information content (AvgIpc) is 2.50. The Morgan fingerprint density at radius 3 is 2.65 bits per heavy atom. The van der Waals surface area contributed by atoms with Crippen LogP contribution in [-0.4, -0.2) is 6.61 Å². The average molecular weight is 377 g/mol. The second-order valence-corrected chi connectivity index (χ2v) is 5.72. The summed E-state index contributed by atoms with van der Waals surface area (Å²) in [5, 5.41) is 8.91. The van der Waals surface area contributed by atoms with E-state index in [-0.39, 0.29) is 0 Å². The fourth-order valence-electron chi connectivity index (χ4n) is 1.96. The maximum Gasteiger partial charge on any atom is 0.0991 e. The number of nitriles is 1. The van der Waals surface area contributed by atoms with Gasteiger partial charge >= 0.3 is 0 Å². The van der Waals surface area contributed by atoms with Crippen molar-refractivity contribution < 1.29 is 4.74 Å². The van der Waals surface area contributed by atoms with Gasteiger partial charge in [0, 0.05) is 10.2 Å². The van der Waals surface area contributed by atoms with Gasteiger partial charge in [0.25, 0.3) is 0 Å². The zero-order valence-corrected chi connectivity index (χ0v) is 13.3. The van der Waals surface area contributed by atoms with Gasteiger partial charge in [-0.05, 0) is 64.8 Å². The third-order valence-electron chi connectivity index (χ3n) is 3.02. The Morgan fingerprint density at radius 1 is 1.10 bits per heavy atom. The van der Waals surface area contributed by atoms with Crippen molar-refractivity contribution in [1.82, 2.24) is 0 Å². The second-order valence-electron chi connectivity index (χ2n) is 4.56. The zero-order valence-electron chi connectivity index (χ0n) is 11.2. The Bertz CT molecular complexity index is 590. The van der Waals surface area contributed by atoms with Crippen LogP contribution in [0.1, 0.15) is 23.1 Å². The Balaban J connectivity index is 1.75. The molecule has 0 aliphatic carbocycles. The highest BCUT2D eigenvalue weighted by Gasteiger charge is 2.02. The largest absolute Gasteiger partial charge is 0.377 e. The van der Waals surface area contributed by atoms with Crippen LogP contribution < -0.4 is 0 Å². The molecule has 0 radical (unpaired) electrons. The Labute approximate surface area is 133 Å². The number of rotatable bonds is 6. The van der Waals surface area contributed by atoms with Gasteiger partial charge in [-0.25, -0.2) is 0 Å². The first-order chi connectivity index (χ1) is 9.79. The summed E-state index contributed by atoms with van der Waals surface area (Å²) >= 11 is 2.31. The summed E-state index contributed by atoms with van der Waals surface area (Å²) < 4.78 is 6.88. The molecule has 0 spiro atoms. The molecule has 2 aromatic carbocycles. The molecule has 2 rings (SSSR count). The van der Waals surface area contributed by atoms with E-state index in [9.17, 15) is 0 Å². The van der Waals surface area contributed by atoms with Crippen LogP contribution in [-0.2, 0) is 17.8 Å². The van der Waals surface area contributed by atoms with Gasteiger partial charge in [0.05, 0.1) is 18.2 Å². The van der Waals surface area contributed by atoms with Crippen LogP contribution in [0, 0.1) is 14.9 Å². The number of benzene rings is 2. The molecule has 0 saturated carbocycles. The topological polar surface area (TPSA) is 33.0 Å². The van der Waals surface area contributed by atoms with Crippen LogP contribution in [0.2, 0.25) is 0 Å². The minimum absolute atomic E-state index is 0.663. The molecule has 0 aliphatic heterocycles. The third-order valence-corrected chi connectivity index (χ3v) is 4.07. The van der Waals surface area contributed by atoms with Crippen molar-refractivity contribution in [2.45, 2.75) is 19.4 Å². The molecular formula is C17H16INO. The fraction of sp³-hybridized carbons (Fsp3) is 0.235. The van der Waals surface area contributed by atoms with E-state index >= 15 is 0 Å². The molecule has 0 N–H and O–H groups in total. The number of halogens is 1. The second kappa shape index (κ2) is 8.03. The van der Waals surface area contributed by atoms with Crippen molar-refractivity contribution in [3.05, 3.63) is 68.8 Å². The lowest BCUT2D eigenvalue weighted by Gasteiger charge is -2.06. The van der Waals surface area contributed by atoms with Crippen LogP contribution in [0.3, 0.4) is 0 Å². The van der Waals surface area contributed by atoms with Crippen molar-refractivity contribution in [1.29, 1.82) is 5.26 Å². The van der Waals surface area contributed by atoms with Crippen molar-refractivity contribution in [2.24, 2.45) is 0 Å². The molecule has 2 aromatic rings. The summed E-state index contributed by atoms with van der Waals surface area (Å²) in [6, 6.07) is 18.2. The maximum atomic E-state index is 8.91. The minimum Gasteiger partial charge on any atom is -0.377 e. The lowest BCUT2D eigenvalue weighted by molar-refractivity contribution is 0.118. The molecule has 20 heavy (non-hydrogen) atoms. The number of hydrogen-bond acceptors (Lipinski definition) is 2. The summed E-state index contributed by atoms with van der Waals surface area (Å²) in [4.78, 5) is 0. The Morgan fingerprint density at radius 2 is 1.90 bits per heavy atom. The maximum absolute atomic E-state index is 8.91. The first-order valence-corrected chi connectivity index (χ1v) is 7.67. The smallest absolute Gasteiger partial charge is 0.0991 e. The van der Waals surface area contributed by atoms with E-state index in [1.54, 1.807) is 0 Å². The molecule has 102 valence electrons. The Kier molecular flexibility index (Phi) is 6.03. The van der Waals surface area contributed by atoms with Crippen molar-refractivity contribution in [3.8, 4) is 6.07 Å². The number of aryl methyl sites for hydroxylation is 1. The van der Waals surface area contributed by atoms with E-state index in [0.29, 0.717) is 6.61 Å². The van der Waals surface area contributed by atoms with Gasteiger partial charge in [0.1, 0.15) is 0 Å². The van der Waals surface area contributed by atoms with Gasteiger partial charge in [-0.15, -0.1) is 0 Å². The van der Waals surface area contributed by atoms with Crippen molar-refractivity contribution in [2.75, 3.05) is 6.61 Å². The molecule has 0 fully saturated rings. The molecule has 0 unspecified atom stereocenters. The van der Waals surface area contributed by atoms with E-state index < -0.39 is 0 Å². The zero-order chi connectivity index (χ0) is 14.2. The van der Waals surface area contributed by atoms with Crippen LogP contribution in [0.15, 0.2) is 48.5 Å². The number of hydrogen-bond donors (Lipinski definition) is 0. The molecule has 0 bridgehead atoms. The summed E-state index contributed by atoms with van der Waals surface area (Å²) in [6.45, 7) is 1.40. The monoisotopic (exact) mass is 377 g/mol. The molecule has 0 aliphatic rings. The molecular weight excluding hydrogens is 361 g/mol. The number of ether oxygens (including phenoxy) is 1. The van der Waals surface area contributed by atoms with Gasteiger partial charge in [0.15, 0.2) is 0 Å². The summed E-state index contributed by atoms with van der Waals surface area (Å²) in [5.41, 5.74) is 3.16. The molecule has 0 aromatic heterocycles. The fourth-order valence-corrected chi connectivity index (χ4v) is 2.57. The molecule has 2 nitrogen and oxygen atoms in total. The first-order valence-electron chi connectivity index (χ1n) is 6.60. The minimum atomic E-state index is 0.663. The van der Waals surface area contributed by atoms with E-state index in [0.717, 1.165) is 25.0 Å². The van der Waals surface area contributed by atoms with Gasteiger partial charge < -0.3 is 4.74 Å². The summed E-state index contributed by atoms with van der Waals surface area (Å²) in [6.07, 6.45) is 1.92. The van der Waals surface area contributed by atoms with Gasteiger partial charge in [0.2, 0.25) is 0 Å². The standard InChI is InChI=1S/C17H16INO/c18-17-9-8-15(12-19)11-16(17)7-4-10-20-13-14-5-2-1-3-6-14/h1-3,5-6,8-9,11H,4,7,10,13H2. The van der Waals surface area contributed by atoms with E-state index in [2.05, 4.69) is 40.8 Å². The molecule has 3 heteroatoms. The molecule has 0 amide bonds. The number of nitrogens with zero attached hydrogens (tertiary/aromatic N) is 1. The van der Waals surface area contributed by atoms with Crippen LogP contribution in [0.5, 0.6) is 0 Å². The molecule has 0 heterocycles. The van der Waals surface area contributed by atoms with E-state index in [1.165, 1.54) is 14.7 Å². The van der Waals surface area contributed by atoms with E-state index in [1.807, 2.05) is 36.4 Å². The van der Waals surface area contributed by atoms with Crippen LogP contribution >= 0.6 is 22.6 Å². The van der Waals surface area contributed by atoms with E-state index in [4.69, 9.17) is 10.00 Å². The summed E-state index contributed by atoms with van der Waals surface area (Å²) in [7, 11) is 0. The normalized spacial score (nSPS) is 10.2. The highest BCUT2D eigenvalue weighted by Crippen LogP contribution is 2.16. The van der Waals surface area contributed by atoms with Crippen molar-refractivity contribution >= 4 is 22.6 Å². The van der Waals surface area contributed by atoms with Gasteiger partial charge in [-0.3, -0.25) is 0 Å². The highest BCUT2D eigenvalue weighted by atomic mass is 127. The molecule has 0 atom stereocenters. The first kappa shape index (κ1) is 15.0. The quantitative estimate of drug-likeness (QED) is 0.555. The summed E-state index contributed by atoms with van der Waals surface area (Å²) in [5.74, 6) is 0. The predicted molar refractivity (Wildman–Crippen MR) is 88.3 cm³/mol. The van der Waals surface area contributed by atoms with Crippen molar-refractivity contribution in [3.63, 3.8) is 0 Å². The van der Waals surface area contributed by atoms with Crippen LogP contribution in [0.4, 0.5) is 0 Å². The van der Waals surface area contributed by atoms with Crippen LogP contribution in [0.25, 0.3) is 0 Å². The lowest BCUT2D eigenvalue weighted by atomic mass is 10.1. The SMILES string of the molecule is N#Cc1ccc(I)c(CCCOCc2ccccc2)c1. The highest BCUT2D eigenvalue weighted by molar-refractivity contribution is 14.1. The third kappa shape index (κ3) is 4.62. The van der Waals surface area contributed by atoms with Gasteiger partial charge in [-0.2, -0.15) is 5.26 Å². The predicted octanol–water partition coefficient (Wildman–Crippen LogP) is 4.31. The lowest BCUT2D eigenvalue weighted by Crippen LogP contribution is -1.99. The molecule has 0 saturated heterocycles.